The van der Waals surface area contributed by atoms with Crippen LogP contribution in [-0.2, 0) is 17.6 Å². The Kier molecular flexibility index (Phi) is 8.00. The number of anilines is 1. The van der Waals surface area contributed by atoms with Crippen LogP contribution in [0.25, 0.3) is 6.08 Å². The highest BCUT2D eigenvalue weighted by Gasteiger charge is 2.35. The molecule has 36 heavy (non-hydrogen) atoms. The second-order valence-electron chi connectivity index (χ2n) is 8.13. The molecule has 1 fully saturated rings. The van der Waals surface area contributed by atoms with Crippen LogP contribution < -0.4 is 19.1 Å². The van der Waals surface area contributed by atoms with Gasteiger partial charge in [0, 0.05) is 12.1 Å². The average molecular weight is 503 g/mol. The fourth-order valence-corrected chi connectivity index (χ4v) is 4.86. The molecule has 1 aliphatic heterocycles. The molecular formula is C29H30N2O4S. The summed E-state index contributed by atoms with van der Waals surface area (Å²) in [4.78, 5) is 20.8. The molecule has 6 nitrogen and oxygen atoms in total. The smallest absolute Gasteiger partial charge is 0.271 e. The molecular weight excluding hydrogens is 472 g/mol. The third kappa shape index (κ3) is 5.26. The predicted octanol–water partition coefficient (Wildman–Crippen LogP) is 6.65. The van der Waals surface area contributed by atoms with Gasteiger partial charge in [-0.3, -0.25) is 9.69 Å². The molecule has 0 atom stereocenters. The standard InChI is InChI=1S/C29H30N2O4S/c1-6-19-8-12-21(13-9-19)30-29-31(22-14-10-20(7-2)11-15-22)28(32)27(36-29)18-24-25(34-4)16-23(33-3)17-26(24)35-5/h8-18H,6-7H2,1-5H3/b27-18-,30-29?. The van der Waals surface area contributed by atoms with E-state index < -0.39 is 0 Å². The minimum Gasteiger partial charge on any atom is -0.496 e. The summed E-state index contributed by atoms with van der Waals surface area (Å²) >= 11 is 1.32. The molecule has 0 N–H and O–H groups in total. The van der Waals surface area contributed by atoms with Crippen molar-refractivity contribution in [2.45, 2.75) is 26.7 Å². The minimum absolute atomic E-state index is 0.159. The van der Waals surface area contributed by atoms with Gasteiger partial charge in [-0.1, -0.05) is 38.1 Å². The fourth-order valence-electron chi connectivity index (χ4n) is 3.88. The van der Waals surface area contributed by atoms with Crippen LogP contribution in [0.4, 0.5) is 11.4 Å². The number of benzene rings is 3. The number of nitrogens with zero attached hydrogens (tertiary/aromatic N) is 2. The van der Waals surface area contributed by atoms with Crippen LogP contribution in [0.15, 0.2) is 70.6 Å². The minimum atomic E-state index is -0.159. The zero-order chi connectivity index (χ0) is 25.7. The number of carbonyl (C=O) groups is 1. The highest BCUT2D eigenvalue weighted by atomic mass is 32.2. The molecule has 4 rings (SSSR count). The number of aryl methyl sites for hydroxylation is 2. The first-order valence-corrected chi connectivity index (χ1v) is 12.6. The maximum Gasteiger partial charge on any atom is 0.271 e. The van der Waals surface area contributed by atoms with E-state index >= 15 is 0 Å². The molecule has 0 spiro atoms. The Morgan fingerprint density at radius 1 is 0.833 bits per heavy atom. The van der Waals surface area contributed by atoms with Crippen LogP contribution in [0.2, 0.25) is 0 Å². The molecule has 0 saturated carbocycles. The van der Waals surface area contributed by atoms with Crippen molar-refractivity contribution in [1.82, 2.24) is 0 Å². The van der Waals surface area contributed by atoms with Gasteiger partial charge in [0.2, 0.25) is 0 Å². The first-order chi connectivity index (χ1) is 17.5. The lowest BCUT2D eigenvalue weighted by molar-refractivity contribution is -0.113. The van der Waals surface area contributed by atoms with E-state index in [1.54, 1.807) is 44.4 Å². The second-order valence-corrected chi connectivity index (χ2v) is 9.14. The average Bonchev–Trinajstić information content (AvgIpc) is 3.23. The quantitative estimate of drug-likeness (QED) is 0.323. The number of ether oxygens (including phenoxy) is 3. The monoisotopic (exact) mass is 502 g/mol. The van der Waals surface area contributed by atoms with Crippen molar-refractivity contribution in [3.8, 4) is 17.2 Å². The lowest BCUT2D eigenvalue weighted by atomic mass is 10.1. The maximum absolute atomic E-state index is 13.7. The van der Waals surface area contributed by atoms with Crippen molar-refractivity contribution < 1.29 is 19.0 Å². The summed E-state index contributed by atoms with van der Waals surface area (Å²) in [5, 5.41) is 0.589. The summed E-state index contributed by atoms with van der Waals surface area (Å²) in [6, 6.07) is 19.6. The molecule has 0 bridgehead atoms. The molecule has 0 unspecified atom stereocenters. The van der Waals surface area contributed by atoms with Crippen LogP contribution in [0.5, 0.6) is 17.2 Å². The number of carbonyl (C=O) groups excluding carboxylic acids is 1. The number of hydrogen-bond donors (Lipinski definition) is 0. The summed E-state index contributed by atoms with van der Waals surface area (Å²) in [7, 11) is 4.74. The van der Waals surface area contributed by atoms with Crippen molar-refractivity contribution in [2.75, 3.05) is 26.2 Å². The van der Waals surface area contributed by atoms with Gasteiger partial charge in [-0.25, -0.2) is 4.99 Å². The first kappa shape index (κ1) is 25.4. The number of thioether (sulfide) groups is 1. The summed E-state index contributed by atoms with van der Waals surface area (Å²) in [5.41, 5.74) is 4.66. The highest BCUT2D eigenvalue weighted by Crippen LogP contribution is 2.41. The van der Waals surface area contributed by atoms with Gasteiger partial charge < -0.3 is 14.2 Å². The molecule has 186 valence electrons. The molecule has 0 radical (unpaired) electrons. The van der Waals surface area contributed by atoms with Gasteiger partial charge in [-0.05, 0) is 66.1 Å². The lowest BCUT2D eigenvalue weighted by Gasteiger charge is -2.16. The topological polar surface area (TPSA) is 60.4 Å². The Hall–Kier alpha value is -3.71. The maximum atomic E-state index is 13.7. The summed E-state index contributed by atoms with van der Waals surface area (Å²) < 4.78 is 16.5. The Bertz CT molecular complexity index is 1270. The van der Waals surface area contributed by atoms with Crippen molar-refractivity contribution in [2.24, 2.45) is 4.99 Å². The van der Waals surface area contributed by atoms with E-state index in [9.17, 15) is 4.79 Å². The number of methoxy groups -OCH3 is 3. The zero-order valence-corrected chi connectivity index (χ0v) is 22.0. The number of amides is 1. The van der Waals surface area contributed by atoms with E-state index in [4.69, 9.17) is 19.2 Å². The van der Waals surface area contributed by atoms with Crippen LogP contribution in [0.3, 0.4) is 0 Å². The Morgan fingerprint density at radius 2 is 1.39 bits per heavy atom. The van der Waals surface area contributed by atoms with Crippen molar-refractivity contribution >= 4 is 40.3 Å². The van der Waals surface area contributed by atoms with Gasteiger partial charge in [0.1, 0.15) is 17.2 Å². The van der Waals surface area contributed by atoms with E-state index in [0.717, 1.165) is 24.2 Å². The van der Waals surface area contributed by atoms with E-state index in [1.165, 1.54) is 22.9 Å². The molecule has 0 aromatic heterocycles. The summed E-state index contributed by atoms with van der Waals surface area (Å²) in [6.45, 7) is 4.22. The van der Waals surface area contributed by atoms with Gasteiger partial charge in [-0.15, -0.1) is 0 Å². The number of amidine groups is 1. The van der Waals surface area contributed by atoms with Gasteiger partial charge in [0.15, 0.2) is 5.17 Å². The van der Waals surface area contributed by atoms with Gasteiger partial charge in [0.05, 0.1) is 43.2 Å². The van der Waals surface area contributed by atoms with Gasteiger partial charge in [0.25, 0.3) is 5.91 Å². The van der Waals surface area contributed by atoms with E-state index in [1.807, 2.05) is 36.4 Å². The third-order valence-electron chi connectivity index (χ3n) is 6.01. The summed E-state index contributed by atoms with van der Waals surface area (Å²) in [6.07, 6.45) is 3.68. The van der Waals surface area contributed by atoms with Crippen molar-refractivity contribution in [3.63, 3.8) is 0 Å². The molecule has 1 heterocycles. The largest absolute Gasteiger partial charge is 0.496 e. The summed E-state index contributed by atoms with van der Waals surface area (Å²) in [5.74, 6) is 1.54. The highest BCUT2D eigenvalue weighted by molar-refractivity contribution is 8.19. The molecule has 0 aliphatic carbocycles. The van der Waals surface area contributed by atoms with E-state index in [0.29, 0.717) is 32.9 Å². The number of rotatable bonds is 8. The van der Waals surface area contributed by atoms with E-state index in [2.05, 4.69) is 26.0 Å². The van der Waals surface area contributed by atoms with Crippen LogP contribution in [-0.4, -0.2) is 32.4 Å². The van der Waals surface area contributed by atoms with Gasteiger partial charge >= 0.3 is 0 Å². The molecule has 3 aromatic rings. The molecule has 3 aromatic carbocycles. The van der Waals surface area contributed by atoms with Gasteiger partial charge in [-0.2, -0.15) is 0 Å². The predicted molar refractivity (Wildman–Crippen MR) is 148 cm³/mol. The molecule has 1 saturated heterocycles. The van der Waals surface area contributed by atoms with E-state index in [-0.39, 0.29) is 5.91 Å². The zero-order valence-electron chi connectivity index (χ0n) is 21.2. The normalized spacial score (nSPS) is 15.6. The van der Waals surface area contributed by atoms with Crippen LogP contribution in [0, 0.1) is 0 Å². The SMILES string of the molecule is CCc1ccc(N=C2S/C(=C\c3c(OC)cc(OC)cc3OC)C(=O)N2c2ccc(CC)cc2)cc1. The second kappa shape index (κ2) is 11.4. The first-order valence-electron chi connectivity index (χ1n) is 11.8. The number of aliphatic imine (C=N–C) groups is 1. The third-order valence-corrected chi connectivity index (χ3v) is 6.98. The Labute approximate surface area is 216 Å². The molecule has 1 amide bonds. The fraction of sp³-hybridized carbons (Fsp3) is 0.241. The molecule has 1 aliphatic rings. The van der Waals surface area contributed by atoms with Crippen molar-refractivity contribution in [3.05, 3.63) is 82.3 Å². The van der Waals surface area contributed by atoms with Crippen LogP contribution in [0.1, 0.15) is 30.5 Å². The number of hydrogen-bond acceptors (Lipinski definition) is 6. The Balaban J connectivity index is 1.81. The van der Waals surface area contributed by atoms with Crippen LogP contribution >= 0.6 is 11.8 Å². The van der Waals surface area contributed by atoms with Crippen molar-refractivity contribution in [1.29, 1.82) is 0 Å². The lowest BCUT2D eigenvalue weighted by Crippen LogP contribution is -2.28. The Morgan fingerprint density at radius 3 is 1.89 bits per heavy atom. The molecule has 7 heteroatoms.